The van der Waals surface area contributed by atoms with Crippen LogP contribution in [0.4, 0.5) is 0 Å². The standard InChI is InChI=1S/C11H14O2/c1-11(13)7-6-8-4-2-3-5-9(8)10(11)12/h6-7,13H,2-5H2,1H3. The van der Waals surface area contributed by atoms with Gasteiger partial charge in [-0.25, -0.2) is 0 Å². The molecule has 1 atom stereocenters. The molecule has 1 unspecified atom stereocenters. The summed E-state index contributed by atoms with van der Waals surface area (Å²) >= 11 is 0. The zero-order valence-corrected chi connectivity index (χ0v) is 7.84. The van der Waals surface area contributed by atoms with E-state index in [2.05, 4.69) is 0 Å². The third-order valence-corrected chi connectivity index (χ3v) is 2.85. The van der Waals surface area contributed by atoms with Crippen LogP contribution in [0.1, 0.15) is 32.6 Å². The van der Waals surface area contributed by atoms with E-state index in [1.54, 1.807) is 13.0 Å². The minimum Gasteiger partial charge on any atom is -0.378 e. The summed E-state index contributed by atoms with van der Waals surface area (Å²) in [7, 11) is 0. The molecule has 0 amide bonds. The predicted octanol–water partition coefficient (Wildman–Crippen LogP) is 1.75. The minimum atomic E-state index is -1.25. The molecule has 2 aliphatic carbocycles. The van der Waals surface area contributed by atoms with Crippen molar-refractivity contribution in [1.29, 1.82) is 0 Å². The van der Waals surface area contributed by atoms with Gasteiger partial charge in [0.15, 0.2) is 5.78 Å². The Hall–Kier alpha value is -0.890. The van der Waals surface area contributed by atoms with Crippen LogP contribution in [0.3, 0.4) is 0 Å². The highest BCUT2D eigenvalue weighted by molar-refractivity contribution is 6.05. The number of rotatable bonds is 0. The average Bonchev–Trinajstić information content (AvgIpc) is 2.13. The number of Topliss-reactive ketones (excluding diaryl/α,β-unsaturated/α-hetero) is 1. The van der Waals surface area contributed by atoms with E-state index < -0.39 is 5.60 Å². The Kier molecular flexibility index (Phi) is 1.88. The first-order valence-corrected chi connectivity index (χ1v) is 4.80. The molecule has 0 heterocycles. The Morgan fingerprint density at radius 3 is 2.85 bits per heavy atom. The summed E-state index contributed by atoms with van der Waals surface area (Å²) in [5, 5.41) is 9.71. The fourth-order valence-electron chi connectivity index (χ4n) is 2.02. The van der Waals surface area contributed by atoms with E-state index in [9.17, 15) is 9.90 Å². The van der Waals surface area contributed by atoms with Crippen molar-refractivity contribution in [2.24, 2.45) is 0 Å². The van der Waals surface area contributed by atoms with Crippen LogP contribution < -0.4 is 0 Å². The summed E-state index contributed by atoms with van der Waals surface area (Å²) in [4.78, 5) is 11.7. The maximum atomic E-state index is 11.7. The van der Waals surface area contributed by atoms with Gasteiger partial charge in [0.1, 0.15) is 5.60 Å². The molecule has 0 saturated heterocycles. The van der Waals surface area contributed by atoms with Crippen molar-refractivity contribution in [1.82, 2.24) is 0 Å². The Morgan fingerprint density at radius 1 is 1.38 bits per heavy atom. The van der Waals surface area contributed by atoms with Crippen molar-refractivity contribution in [2.45, 2.75) is 38.2 Å². The predicted molar refractivity (Wildman–Crippen MR) is 50.3 cm³/mol. The van der Waals surface area contributed by atoms with Crippen LogP contribution in [-0.4, -0.2) is 16.5 Å². The molecule has 0 fully saturated rings. The molecule has 0 aromatic heterocycles. The van der Waals surface area contributed by atoms with Gasteiger partial charge in [-0.3, -0.25) is 4.79 Å². The molecule has 13 heavy (non-hydrogen) atoms. The number of hydrogen-bond donors (Lipinski definition) is 1. The van der Waals surface area contributed by atoms with Gasteiger partial charge in [0, 0.05) is 5.57 Å². The summed E-state index contributed by atoms with van der Waals surface area (Å²) in [6.07, 6.45) is 7.60. The largest absolute Gasteiger partial charge is 0.378 e. The summed E-state index contributed by atoms with van der Waals surface area (Å²) in [5.74, 6) is -0.0929. The molecule has 70 valence electrons. The van der Waals surface area contributed by atoms with Crippen molar-refractivity contribution in [3.8, 4) is 0 Å². The quantitative estimate of drug-likeness (QED) is 0.613. The second-order valence-electron chi connectivity index (χ2n) is 4.02. The van der Waals surface area contributed by atoms with Gasteiger partial charge in [-0.05, 0) is 44.3 Å². The first kappa shape index (κ1) is 8.70. The third-order valence-electron chi connectivity index (χ3n) is 2.85. The van der Waals surface area contributed by atoms with Gasteiger partial charge < -0.3 is 5.11 Å². The zero-order chi connectivity index (χ0) is 9.47. The molecule has 2 nitrogen and oxygen atoms in total. The molecule has 2 aliphatic rings. The first-order valence-electron chi connectivity index (χ1n) is 4.80. The van der Waals surface area contributed by atoms with Crippen LogP contribution in [-0.2, 0) is 4.79 Å². The van der Waals surface area contributed by atoms with Gasteiger partial charge in [-0.15, -0.1) is 0 Å². The molecule has 0 spiro atoms. The molecule has 0 bridgehead atoms. The topological polar surface area (TPSA) is 37.3 Å². The van der Waals surface area contributed by atoms with Crippen molar-refractivity contribution >= 4 is 5.78 Å². The van der Waals surface area contributed by atoms with Crippen LogP contribution in [0.2, 0.25) is 0 Å². The van der Waals surface area contributed by atoms with Crippen molar-refractivity contribution in [3.05, 3.63) is 23.3 Å². The van der Waals surface area contributed by atoms with E-state index in [1.165, 1.54) is 6.42 Å². The van der Waals surface area contributed by atoms with Gasteiger partial charge in [0.05, 0.1) is 0 Å². The normalized spacial score (nSPS) is 33.5. The second-order valence-corrected chi connectivity index (χ2v) is 4.02. The van der Waals surface area contributed by atoms with Gasteiger partial charge in [-0.1, -0.05) is 6.08 Å². The smallest absolute Gasteiger partial charge is 0.194 e. The lowest BCUT2D eigenvalue weighted by atomic mass is 9.79. The molecule has 0 aromatic rings. The first-order chi connectivity index (χ1) is 6.11. The summed E-state index contributed by atoms with van der Waals surface area (Å²) in [5.41, 5.74) is 0.748. The number of carbonyl (C=O) groups excluding carboxylic acids is 1. The van der Waals surface area contributed by atoms with Gasteiger partial charge in [-0.2, -0.15) is 0 Å². The summed E-state index contributed by atoms with van der Waals surface area (Å²) in [6, 6.07) is 0. The number of hydrogen-bond acceptors (Lipinski definition) is 2. The third kappa shape index (κ3) is 1.35. The van der Waals surface area contributed by atoms with Crippen LogP contribution in [0.25, 0.3) is 0 Å². The molecule has 0 aromatic carbocycles. The van der Waals surface area contributed by atoms with E-state index in [0.29, 0.717) is 0 Å². The molecule has 2 rings (SSSR count). The molecule has 1 N–H and O–H groups in total. The lowest BCUT2D eigenvalue weighted by molar-refractivity contribution is -0.128. The fraction of sp³-hybridized carbons (Fsp3) is 0.545. The second kappa shape index (κ2) is 2.81. The molecule has 0 aliphatic heterocycles. The van der Waals surface area contributed by atoms with Crippen LogP contribution >= 0.6 is 0 Å². The van der Waals surface area contributed by atoms with Gasteiger partial charge >= 0.3 is 0 Å². The van der Waals surface area contributed by atoms with Crippen molar-refractivity contribution < 1.29 is 9.90 Å². The SMILES string of the molecule is CC1(O)C=CC2=C(CCCC2)C1=O. The molecule has 0 radical (unpaired) electrons. The highest BCUT2D eigenvalue weighted by Gasteiger charge is 2.34. The van der Waals surface area contributed by atoms with Crippen molar-refractivity contribution in [3.63, 3.8) is 0 Å². The molecular weight excluding hydrogens is 164 g/mol. The van der Waals surface area contributed by atoms with E-state index >= 15 is 0 Å². The van der Waals surface area contributed by atoms with E-state index in [4.69, 9.17) is 0 Å². The van der Waals surface area contributed by atoms with Crippen LogP contribution in [0.15, 0.2) is 23.3 Å². The lowest BCUT2D eigenvalue weighted by Gasteiger charge is -2.28. The Morgan fingerprint density at radius 2 is 2.08 bits per heavy atom. The number of carbonyl (C=O) groups is 1. The maximum Gasteiger partial charge on any atom is 0.194 e. The fourth-order valence-corrected chi connectivity index (χ4v) is 2.02. The van der Waals surface area contributed by atoms with Gasteiger partial charge in [0.25, 0.3) is 0 Å². The molecular formula is C11H14O2. The zero-order valence-electron chi connectivity index (χ0n) is 7.84. The van der Waals surface area contributed by atoms with E-state index in [1.807, 2.05) is 6.08 Å². The monoisotopic (exact) mass is 178 g/mol. The number of aliphatic hydroxyl groups is 1. The highest BCUT2D eigenvalue weighted by atomic mass is 16.3. The number of allylic oxidation sites excluding steroid dienone is 2. The van der Waals surface area contributed by atoms with Gasteiger partial charge in [0.2, 0.25) is 0 Å². The summed E-state index contributed by atoms with van der Waals surface area (Å²) in [6.45, 7) is 1.56. The molecule has 2 heteroatoms. The minimum absolute atomic E-state index is 0.0929. The summed E-state index contributed by atoms with van der Waals surface area (Å²) < 4.78 is 0. The Bertz CT molecular complexity index is 308. The van der Waals surface area contributed by atoms with E-state index in [-0.39, 0.29) is 5.78 Å². The van der Waals surface area contributed by atoms with E-state index in [0.717, 1.165) is 30.4 Å². The molecule has 0 saturated carbocycles. The van der Waals surface area contributed by atoms with Crippen molar-refractivity contribution in [2.75, 3.05) is 0 Å². The number of ketones is 1. The van der Waals surface area contributed by atoms with Crippen LogP contribution in [0.5, 0.6) is 0 Å². The average molecular weight is 178 g/mol. The highest BCUT2D eigenvalue weighted by Crippen LogP contribution is 2.33. The Balaban J connectivity index is 2.39. The Labute approximate surface area is 78.0 Å². The maximum absolute atomic E-state index is 11.7. The lowest BCUT2D eigenvalue weighted by Crippen LogP contribution is -2.37. The van der Waals surface area contributed by atoms with Crippen LogP contribution in [0, 0.1) is 0 Å².